The molecule has 0 aromatic carbocycles. The summed E-state index contributed by atoms with van der Waals surface area (Å²) >= 11 is 7.49. The van der Waals surface area contributed by atoms with Gasteiger partial charge in [-0.15, -0.1) is 0 Å². The third-order valence-corrected chi connectivity index (χ3v) is 7.04. The van der Waals surface area contributed by atoms with Gasteiger partial charge < -0.3 is 15.4 Å². The van der Waals surface area contributed by atoms with E-state index in [-0.39, 0.29) is 0 Å². The lowest BCUT2D eigenvalue weighted by atomic mass is 9.72. The first-order chi connectivity index (χ1) is 12.6. The van der Waals surface area contributed by atoms with E-state index in [9.17, 15) is 0 Å². The maximum absolute atomic E-state index is 6.16. The highest BCUT2D eigenvalue weighted by molar-refractivity contribution is 7.99. The van der Waals surface area contributed by atoms with Gasteiger partial charge in [0.2, 0.25) is 0 Å². The van der Waals surface area contributed by atoms with Crippen molar-refractivity contribution in [2.45, 2.75) is 29.7 Å². The number of anilines is 2. The molecule has 1 atom stereocenters. The molecular formula is C18H22ClN5OS. The van der Waals surface area contributed by atoms with Crippen molar-refractivity contribution in [3.63, 3.8) is 0 Å². The van der Waals surface area contributed by atoms with Crippen LogP contribution in [0, 0.1) is 11.3 Å². The highest BCUT2D eigenvalue weighted by Crippen LogP contribution is 2.44. The Balaban J connectivity index is 1.46. The number of hydrogen-bond acceptors (Lipinski definition) is 7. The minimum Gasteiger partial charge on any atom is -0.381 e. The van der Waals surface area contributed by atoms with E-state index in [0.29, 0.717) is 27.3 Å². The first-order valence-corrected chi connectivity index (χ1v) is 10.0. The summed E-state index contributed by atoms with van der Waals surface area (Å²) in [7, 11) is 0. The number of nitrogens with two attached hydrogens (primary N) is 1. The number of nitrogen functional groups attached to an aromatic ring is 1. The van der Waals surface area contributed by atoms with E-state index >= 15 is 0 Å². The van der Waals surface area contributed by atoms with Crippen LogP contribution in [-0.2, 0) is 4.74 Å². The smallest absolute Gasteiger partial charge is 0.158 e. The van der Waals surface area contributed by atoms with E-state index in [2.05, 4.69) is 26.8 Å². The topological polar surface area (TPSA) is 77.2 Å². The van der Waals surface area contributed by atoms with Gasteiger partial charge in [-0.3, -0.25) is 0 Å². The number of rotatable bonds is 3. The van der Waals surface area contributed by atoms with E-state index in [4.69, 9.17) is 22.1 Å². The van der Waals surface area contributed by atoms with Crippen molar-refractivity contribution in [3.8, 4) is 0 Å². The van der Waals surface area contributed by atoms with Crippen LogP contribution < -0.4 is 10.6 Å². The lowest BCUT2D eigenvalue weighted by Crippen LogP contribution is -2.43. The van der Waals surface area contributed by atoms with Crippen LogP contribution in [0.3, 0.4) is 0 Å². The minimum absolute atomic E-state index is 0.336. The Labute approximate surface area is 162 Å². The Morgan fingerprint density at radius 3 is 2.81 bits per heavy atom. The van der Waals surface area contributed by atoms with Crippen molar-refractivity contribution < 1.29 is 4.74 Å². The number of halogens is 1. The van der Waals surface area contributed by atoms with Gasteiger partial charge in [-0.1, -0.05) is 30.3 Å². The van der Waals surface area contributed by atoms with Crippen molar-refractivity contribution in [2.75, 3.05) is 36.9 Å². The van der Waals surface area contributed by atoms with Crippen LogP contribution >= 0.6 is 23.4 Å². The van der Waals surface area contributed by atoms with Crippen LogP contribution in [0.1, 0.15) is 19.8 Å². The van der Waals surface area contributed by atoms with Crippen LogP contribution in [-0.4, -0.2) is 41.3 Å². The van der Waals surface area contributed by atoms with Crippen molar-refractivity contribution in [1.82, 2.24) is 15.0 Å². The Morgan fingerprint density at radius 2 is 2.15 bits per heavy atom. The molecule has 0 bridgehead atoms. The fraction of sp³-hybridized carbons (Fsp3) is 0.500. The van der Waals surface area contributed by atoms with Gasteiger partial charge in [0.1, 0.15) is 16.0 Å². The maximum atomic E-state index is 6.16. The first kappa shape index (κ1) is 17.8. The molecule has 1 spiro atoms. The van der Waals surface area contributed by atoms with Crippen LogP contribution in [0.15, 0.2) is 34.4 Å². The molecule has 0 unspecified atom stereocenters. The zero-order chi connectivity index (χ0) is 18.1. The lowest BCUT2D eigenvalue weighted by molar-refractivity contribution is 0.127. The van der Waals surface area contributed by atoms with E-state index in [1.54, 1.807) is 12.4 Å². The van der Waals surface area contributed by atoms with Gasteiger partial charge in [0, 0.05) is 31.3 Å². The van der Waals surface area contributed by atoms with Gasteiger partial charge >= 0.3 is 0 Å². The second-order valence-electron chi connectivity index (χ2n) is 7.08. The second-order valence-corrected chi connectivity index (χ2v) is 8.47. The summed E-state index contributed by atoms with van der Waals surface area (Å²) in [5.41, 5.74) is 6.49. The molecule has 2 N–H and O–H groups in total. The predicted octanol–water partition coefficient (Wildman–Crippen LogP) is 3.51. The molecule has 2 aliphatic heterocycles. The molecule has 2 aromatic rings. The molecule has 26 heavy (non-hydrogen) atoms. The van der Waals surface area contributed by atoms with E-state index in [1.807, 2.05) is 12.1 Å². The molecule has 6 nitrogen and oxygen atoms in total. The highest BCUT2D eigenvalue weighted by Gasteiger charge is 2.43. The SMILES string of the molecule is C[C@@H]1COCC12CCN(c1cnc(Sc3cccnc3Cl)c(N)n1)CC2. The predicted molar refractivity (Wildman–Crippen MR) is 104 cm³/mol. The number of piperidine rings is 1. The van der Waals surface area contributed by atoms with Crippen molar-refractivity contribution >= 4 is 35.0 Å². The van der Waals surface area contributed by atoms with Gasteiger partial charge in [0.15, 0.2) is 5.82 Å². The monoisotopic (exact) mass is 391 g/mol. The highest BCUT2D eigenvalue weighted by atomic mass is 35.5. The average Bonchev–Trinajstić information content (AvgIpc) is 2.99. The zero-order valence-electron chi connectivity index (χ0n) is 14.7. The molecule has 0 radical (unpaired) electrons. The number of ether oxygens (including phenoxy) is 1. The molecular weight excluding hydrogens is 370 g/mol. The Kier molecular flexibility index (Phi) is 4.94. The summed E-state index contributed by atoms with van der Waals surface area (Å²) in [6.45, 7) is 5.99. The van der Waals surface area contributed by atoms with Gasteiger partial charge in [0.05, 0.1) is 17.7 Å². The molecule has 138 valence electrons. The summed E-state index contributed by atoms with van der Waals surface area (Å²) in [4.78, 5) is 16.3. The Bertz CT molecular complexity index is 797. The molecule has 2 saturated heterocycles. The van der Waals surface area contributed by atoms with Crippen molar-refractivity contribution in [2.24, 2.45) is 11.3 Å². The van der Waals surface area contributed by atoms with Crippen molar-refractivity contribution in [1.29, 1.82) is 0 Å². The minimum atomic E-state index is 0.336. The number of pyridine rings is 1. The molecule has 2 fully saturated rings. The van der Waals surface area contributed by atoms with Crippen molar-refractivity contribution in [3.05, 3.63) is 29.7 Å². The van der Waals surface area contributed by atoms with Crippen LogP contribution in [0.5, 0.6) is 0 Å². The first-order valence-electron chi connectivity index (χ1n) is 8.81. The number of aromatic nitrogens is 3. The van der Waals surface area contributed by atoms with E-state index in [1.165, 1.54) is 11.8 Å². The molecule has 0 saturated carbocycles. The standard InChI is InChI=1S/C18H22ClN5OS/c1-12-10-25-11-18(12)4-7-24(8-5-18)14-9-22-17(16(20)23-14)26-13-3-2-6-21-15(13)19/h2-3,6,9,12H,4-5,7-8,10-11H2,1H3,(H2,20,23)/t12-/m1/s1. The van der Waals surface area contributed by atoms with E-state index < -0.39 is 0 Å². The largest absolute Gasteiger partial charge is 0.381 e. The second kappa shape index (κ2) is 7.21. The third kappa shape index (κ3) is 3.35. The van der Waals surface area contributed by atoms with Gasteiger partial charge in [0.25, 0.3) is 0 Å². The molecule has 0 amide bonds. The Morgan fingerprint density at radius 1 is 1.35 bits per heavy atom. The molecule has 0 aliphatic carbocycles. The fourth-order valence-corrected chi connectivity index (χ4v) is 4.72. The van der Waals surface area contributed by atoms with Gasteiger partial charge in [-0.25, -0.2) is 15.0 Å². The molecule has 2 aromatic heterocycles. The molecule has 4 rings (SSSR count). The van der Waals surface area contributed by atoms with Gasteiger partial charge in [-0.05, 0) is 30.9 Å². The summed E-state index contributed by atoms with van der Waals surface area (Å²) in [5.74, 6) is 1.89. The summed E-state index contributed by atoms with van der Waals surface area (Å²) in [6, 6.07) is 3.73. The number of nitrogens with zero attached hydrogens (tertiary/aromatic N) is 4. The summed E-state index contributed by atoms with van der Waals surface area (Å²) in [5, 5.41) is 1.09. The normalized spacial score (nSPS) is 22.1. The molecule has 4 heterocycles. The fourth-order valence-electron chi connectivity index (χ4n) is 3.74. The molecule has 8 heteroatoms. The lowest BCUT2D eigenvalue weighted by Gasteiger charge is -2.41. The third-order valence-electron chi connectivity index (χ3n) is 5.57. The van der Waals surface area contributed by atoms with Gasteiger partial charge in [-0.2, -0.15) is 0 Å². The van der Waals surface area contributed by atoms with Crippen LogP contribution in [0.25, 0.3) is 0 Å². The Hall–Kier alpha value is -1.57. The van der Waals surface area contributed by atoms with E-state index in [0.717, 1.165) is 49.9 Å². The summed E-state index contributed by atoms with van der Waals surface area (Å²) in [6.07, 6.45) is 5.70. The quantitative estimate of drug-likeness (QED) is 0.802. The zero-order valence-corrected chi connectivity index (χ0v) is 16.3. The summed E-state index contributed by atoms with van der Waals surface area (Å²) < 4.78 is 5.71. The maximum Gasteiger partial charge on any atom is 0.158 e. The average molecular weight is 392 g/mol. The van der Waals surface area contributed by atoms with Crippen LogP contribution in [0.2, 0.25) is 5.15 Å². The molecule has 2 aliphatic rings. The number of hydrogen-bond donors (Lipinski definition) is 1. The van der Waals surface area contributed by atoms with Crippen LogP contribution in [0.4, 0.5) is 11.6 Å².